The van der Waals surface area contributed by atoms with Crippen LogP contribution in [0.5, 0.6) is 0 Å². The third-order valence-electron chi connectivity index (χ3n) is 5.57. The van der Waals surface area contributed by atoms with Gasteiger partial charge in [-0.05, 0) is 17.0 Å². The normalized spacial score (nSPS) is 13.1. The highest BCUT2D eigenvalue weighted by molar-refractivity contribution is 6.91. The van der Waals surface area contributed by atoms with E-state index in [9.17, 15) is 0 Å². The van der Waals surface area contributed by atoms with Gasteiger partial charge in [0.25, 0.3) is 0 Å². The maximum atomic E-state index is 4.09. The van der Waals surface area contributed by atoms with Crippen molar-refractivity contribution >= 4 is 13.3 Å². The summed E-state index contributed by atoms with van der Waals surface area (Å²) >= 11 is 0. The molecule has 0 spiro atoms. The quantitative estimate of drug-likeness (QED) is 0.536. The fourth-order valence-corrected chi connectivity index (χ4v) is 7.80. The van der Waals surface area contributed by atoms with Crippen molar-refractivity contribution in [2.75, 3.05) is 0 Å². The second kappa shape index (κ2) is 8.68. The molecule has 0 aliphatic carbocycles. The molecule has 0 bridgehead atoms. The van der Waals surface area contributed by atoms with E-state index in [-0.39, 0.29) is 6.04 Å². The molecule has 0 aliphatic heterocycles. The fourth-order valence-electron chi connectivity index (χ4n) is 4.14. The molecule has 1 nitrogen and oxygen atoms in total. The van der Waals surface area contributed by atoms with Gasteiger partial charge in [0.1, 0.15) is 0 Å². The molecule has 1 atom stereocenters. The molecule has 27 heavy (non-hydrogen) atoms. The van der Waals surface area contributed by atoms with Crippen LogP contribution < -0.4 is 10.5 Å². The second-order valence-electron chi connectivity index (χ2n) is 8.23. The number of benzene rings is 3. The minimum Gasteiger partial charge on any atom is -0.305 e. The van der Waals surface area contributed by atoms with Crippen molar-refractivity contribution in [3.05, 3.63) is 102 Å². The first-order valence-electron chi connectivity index (χ1n) is 9.91. The molecule has 0 saturated heterocycles. The Hall–Kier alpha value is -2.16. The molecule has 0 aliphatic rings. The molecule has 0 saturated carbocycles. The van der Waals surface area contributed by atoms with Gasteiger partial charge in [0.2, 0.25) is 0 Å². The molecule has 140 valence electrons. The minimum atomic E-state index is -1.71. The van der Waals surface area contributed by atoms with Crippen LogP contribution in [0, 0.1) is 5.92 Å². The van der Waals surface area contributed by atoms with Crippen LogP contribution in [-0.4, -0.2) is 13.7 Å². The van der Waals surface area contributed by atoms with Gasteiger partial charge < -0.3 is 5.32 Å². The molecular formula is C25H31NSi. The molecule has 2 heteroatoms. The van der Waals surface area contributed by atoms with Gasteiger partial charge in [0.05, 0.1) is 14.1 Å². The van der Waals surface area contributed by atoms with E-state index in [0.717, 1.165) is 0 Å². The monoisotopic (exact) mass is 373 g/mol. The van der Waals surface area contributed by atoms with E-state index in [1.807, 2.05) is 0 Å². The predicted octanol–water partition coefficient (Wildman–Crippen LogP) is 5.55. The lowest BCUT2D eigenvalue weighted by Gasteiger charge is -2.39. The van der Waals surface area contributed by atoms with E-state index in [1.165, 1.54) is 16.3 Å². The lowest BCUT2D eigenvalue weighted by molar-refractivity contribution is 0.457. The third-order valence-corrected chi connectivity index (χ3v) is 9.78. The number of nitrogens with one attached hydrogen (secondary N) is 1. The summed E-state index contributed by atoms with van der Waals surface area (Å²) in [5.41, 5.74) is 3.12. The summed E-state index contributed by atoms with van der Waals surface area (Å²) in [7, 11) is -1.71. The Balaban J connectivity index is 1.99. The average Bonchev–Trinajstić information content (AvgIpc) is 2.70. The van der Waals surface area contributed by atoms with E-state index in [4.69, 9.17) is 0 Å². The van der Waals surface area contributed by atoms with E-state index in [1.54, 1.807) is 0 Å². The molecule has 0 fully saturated rings. The van der Waals surface area contributed by atoms with Crippen LogP contribution in [0.4, 0.5) is 0 Å². The second-order valence-corrected chi connectivity index (χ2v) is 12.9. The fraction of sp³-hybridized carbons (Fsp3) is 0.280. The summed E-state index contributed by atoms with van der Waals surface area (Å²) in [6.07, 6.45) is 0. The van der Waals surface area contributed by atoms with Gasteiger partial charge >= 0.3 is 0 Å². The zero-order valence-corrected chi connectivity index (χ0v) is 17.9. The lowest BCUT2D eigenvalue weighted by Crippen LogP contribution is -2.61. The molecule has 0 heterocycles. The average molecular weight is 374 g/mol. The summed E-state index contributed by atoms with van der Waals surface area (Å²) in [5.74, 6) is 0.557. The first-order valence-corrected chi connectivity index (χ1v) is 13.0. The van der Waals surface area contributed by atoms with Crippen LogP contribution in [0.25, 0.3) is 0 Å². The number of rotatable bonds is 7. The zero-order valence-electron chi connectivity index (χ0n) is 16.9. The van der Waals surface area contributed by atoms with Gasteiger partial charge in [-0.1, -0.05) is 123 Å². The molecule has 3 aromatic rings. The molecule has 3 aromatic carbocycles. The molecule has 3 rings (SSSR count). The van der Waals surface area contributed by atoms with Crippen LogP contribution in [0.3, 0.4) is 0 Å². The third kappa shape index (κ3) is 4.58. The zero-order chi connectivity index (χ0) is 19.3. The maximum absolute atomic E-state index is 4.09. The maximum Gasteiger partial charge on any atom is 0.0987 e. The van der Waals surface area contributed by atoms with Crippen LogP contribution in [0.2, 0.25) is 13.1 Å². The number of hydrogen-bond acceptors (Lipinski definition) is 1. The van der Waals surface area contributed by atoms with Gasteiger partial charge in [0, 0.05) is 5.67 Å². The standard InChI is InChI=1S/C25H31NSi/c1-20(2)25(27(3,4)23-18-12-7-13-19-23)26-24(21-14-8-5-9-15-21)22-16-10-6-11-17-22/h5-20,24-26H,1-4H3. The first-order chi connectivity index (χ1) is 13.0. The summed E-state index contributed by atoms with van der Waals surface area (Å²) < 4.78 is 0. The Kier molecular flexibility index (Phi) is 6.30. The number of hydrogen-bond donors (Lipinski definition) is 1. The van der Waals surface area contributed by atoms with Crippen LogP contribution >= 0.6 is 0 Å². The van der Waals surface area contributed by atoms with Crippen molar-refractivity contribution in [1.82, 2.24) is 5.32 Å². The Morgan fingerprint density at radius 1 is 0.630 bits per heavy atom. The first kappa shape index (κ1) is 19.6. The predicted molar refractivity (Wildman–Crippen MR) is 120 cm³/mol. The molecule has 1 unspecified atom stereocenters. The van der Waals surface area contributed by atoms with E-state index in [2.05, 4.69) is 123 Å². The van der Waals surface area contributed by atoms with E-state index in [0.29, 0.717) is 11.6 Å². The highest BCUT2D eigenvalue weighted by Gasteiger charge is 2.37. The lowest BCUT2D eigenvalue weighted by atomic mass is 9.98. The minimum absolute atomic E-state index is 0.204. The van der Waals surface area contributed by atoms with Crippen LogP contribution in [-0.2, 0) is 0 Å². The molecule has 0 amide bonds. The van der Waals surface area contributed by atoms with Gasteiger partial charge in [-0.25, -0.2) is 0 Å². The van der Waals surface area contributed by atoms with Crippen molar-refractivity contribution in [1.29, 1.82) is 0 Å². The highest BCUT2D eigenvalue weighted by atomic mass is 28.3. The SMILES string of the molecule is CC(C)C(NC(c1ccccc1)c1ccccc1)[Si](C)(C)c1ccccc1. The van der Waals surface area contributed by atoms with Crippen molar-refractivity contribution in [2.24, 2.45) is 5.92 Å². The largest absolute Gasteiger partial charge is 0.305 e. The summed E-state index contributed by atoms with van der Waals surface area (Å²) in [5, 5.41) is 5.60. The van der Waals surface area contributed by atoms with Crippen LogP contribution in [0.1, 0.15) is 31.0 Å². The Labute approximate surface area is 165 Å². The van der Waals surface area contributed by atoms with Crippen molar-refractivity contribution in [3.8, 4) is 0 Å². The van der Waals surface area contributed by atoms with Gasteiger partial charge in [0.15, 0.2) is 0 Å². The molecule has 0 radical (unpaired) electrons. The summed E-state index contributed by atoms with van der Waals surface area (Å²) in [4.78, 5) is 0. The molecule has 1 N–H and O–H groups in total. The Morgan fingerprint density at radius 2 is 1.04 bits per heavy atom. The van der Waals surface area contributed by atoms with Crippen molar-refractivity contribution in [3.63, 3.8) is 0 Å². The van der Waals surface area contributed by atoms with Gasteiger partial charge in [-0.15, -0.1) is 0 Å². The Bertz CT molecular complexity index is 773. The summed E-state index contributed by atoms with van der Waals surface area (Å²) in [6.45, 7) is 9.69. The topological polar surface area (TPSA) is 12.0 Å². The van der Waals surface area contributed by atoms with Crippen molar-refractivity contribution in [2.45, 2.75) is 38.6 Å². The summed E-state index contributed by atoms with van der Waals surface area (Å²) in [6, 6.07) is 33.0. The Morgan fingerprint density at radius 3 is 1.44 bits per heavy atom. The van der Waals surface area contributed by atoms with Gasteiger partial charge in [-0.3, -0.25) is 0 Å². The molecule has 0 aromatic heterocycles. The van der Waals surface area contributed by atoms with E-state index < -0.39 is 8.07 Å². The highest BCUT2D eigenvalue weighted by Crippen LogP contribution is 2.26. The van der Waals surface area contributed by atoms with E-state index >= 15 is 0 Å². The van der Waals surface area contributed by atoms with Gasteiger partial charge in [-0.2, -0.15) is 0 Å². The molecular weight excluding hydrogens is 342 g/mol. The van der Waals surface area contributed by atoms with Crippen molar-refractivity contribution < 1.29 is 0 Å². The smallest absolute Gasteiger partial charge is 0.0987 e. The van der Waals surface area contributed by atoms with Crippen LogP contribution in [0.15, 0.2) is 91.0 Å².